The number of hydrogen-bond donors (Lipinski definition) is 0. The molecular weight excluding hydrogens is 234 g/mol. The summed E-state index contributed by atoms with van der Waals surface area (Å²) < 4.78 is 0. The van der Waals surface area contributed by atoms with Crippen LogP contribution >= 0.6 is 0 Å². The zero-order valence-corrected chi connectivity index (χ0v) is 11.7. The molecule has 1 amide bonds. The van der Waals surface area contributed by atoms with Gasteiger partial charge in [0.05, 0.1) is 0 Å². The third kappa shape index (κ3) is 3.02. The average molecular weight is 253 g/mol. The van der Waals surface area contributed by atoms with E-state index < -0.39 is 0 Å². The van der Waals surface area contributed by atoms with Crippen LogP contribution in [-0.4, -0.2) is 17.9 Å². The molecule has 2 rings (SSSR count). The van der Waals surface area contributed by atoms with Crippen LogP contribution in [0.15, 0.2) is 48.5 Å². The Morgan fingerprint density at radius 2 is 1.68 bits per heavy atom. The van der Waals surface area contributed by atoms with E-state index in [4.69, 9.17) is 0 Å². The maximum absolute atomic E-state index is 12.4. The summed E-state index contributed by atoms with van der Waals surface area (Å²) in [6, 6.07) is 15.9. The van der Waals surface area contributed by atoms with Crippen LogP contribution in [0.4, 0.5) is 0 Å². The second kappa shape index (κ2) is 5.70. The fourth-order valence-electron chi connectivity index (χ4n) is 2.12. The summed E-state index contributed by atoms with van der Waals surface area (Å²) in [5.41, 5.74) is 4.15. The lowest BCUT2D eigenvalue weighted by Crippen LogP contribution is -2.27. The number of carbonyl (C=O) groups excluding carboxylic acids is 1. The van der Waals surface area contributed by atoms with Crippen molar-refractivity contribution in [3.05, 3.63) is 70.8 Å². The molecule has 2 nitrogen and oxygen atoms in total. The predicted molar refractivity (Wildman–Crippen MR) is 78.2 cm³/mol. The normalized spacial score (nSPS) is 10.3. The van der Waals surface area contributed by atoms with E-state index in [0.29, 0.717) is 6.54 Å². The van der Waals surface area contributed by atoms with Crippen molar-refractivity contribution in [2.24, 2.45) is 0 Å². The Labute approximate surface area is 114 Å². The first kappa shape index (κ1) is 13.3. The first-order valence-electron chi connectivity index (χ1n) is 6.45. The molecule has 2 aromatic carbocycles. The van der Waals surface area contributed by atoms with Crippen LogP contribution in [0.1, 0.15) is 27.0 Å². The SMILES string of the molecule is Cc1cccc(C(=O)N(C)Cc2ccccc2)c1C. The molecule has 0 aliphatic heterocycles. The van der Waals surface area contributed by atoms with E-state index in [-0.39, 0.29) is 5.91 Å². The Bertz CT molecular complexity index is 575. The van der Waals surface area contributed by atoms with E-state index in [1.807, 2.05) is 69.4 Å². The van der Waals surface area contributed by atoms with E-state index in [0.717, 1.165) is 22.3 Å². The first-order valence-corrected chi connectivity index (χ1v) is 6.45. The number of rotatable bonds is 3. The molecule has 0 fully saturated rings. The van der Waals surface area contributed by atoms with Gasteiger partial charge in [-0.3, -0.25) is 4.79 Å². The molecule has 0 aromatic heterocycles. The molecule has 0 N–H and O–H groups in total. The number of hydrogen-bond acceptors (Lipinski definition) is 1. The number of carbonyl (C=O) groups is 1. The van der Waals surface area contributed by atoms with Crippen LogP contribution in [0.5, 0.6) is 0 Å². The Kier molecular flexibility index (Phi) is 4.00. The van der Waals surface area contributed by atoms with Gasteiger partial charge in [0.1, 0.15) is 0 Å². The van der Waals surface area contributed by atoms with Gasteiger partial charge in [-0.2, -0.15) is 0 Å². The quantitative estimate of drug-likeness (QED) is 0.818. The van der Waals surface area contributed by atoms with Crippen molar-refractivity contribution in [2.75, 3.05) is 7.05 Å². The minimum absolute atomic E-state index is 0.0741. The van der Waals surface area contributed by atoms with Gasteiger partial charge in [-0.15, -0.1) is 0 Å². The van der Waals surface area contributed by atoms with Crippen LogP contribution in [0, 0.1) is 13.8 Å². The molecule has 0 unspecified atom stereocenters. The molecule has 0 saturated carbocycles. The molecule has 0 heterocycles. The van der Waals surface area contributed by atoms with Crippen molar-refractivity contribution in [3.8, 4) is 0 Å². The van der Waals surface area contributed by atoms with Gasteiger partial charge < -0.3 is 4.90 Å². The lowest BCUT2D eigenvalue weighted by atomic mass is 10.0. The molecular formula is C17H19NO. The zero-order valence-electron chi connectivity index (χ0n) is 11.7. The highest BCUT2D eigenvalue weighted by Gasteiger charge is 2.14. The topological polar surface area (TPSA) is 20.3 Å². The minimum atomic E-state index is 0.0741. The molecule has 0 radical (unpaired) electrons. The molecule has 0 bridgehead atoms. The molecule has 0 aliphatic carbocycles. The van der Waals surface area contributed by atoms with Gasteiger partial charge in [0, 0.05) is 19.2 Å². The van der Waals surface area contributed by atoms with E-state index in [1.54, 1.807) is 4.90 Å². The highest BCUT2D eigenvalue weighted by Crippen LogP contribution is 2.15. The maximum Gasteiger partial charge on any atom is 0.254 e. The Morgan fingerprint density at radius 3 is 2.37 bits per heavy atom. The van der Waals surface area contributed by atoms with Gasteiger partial charge in [0.15, 0.2) is 0 Å². The molecule has 0 atom stereocenters. The van der Waals surface area contributed by atoms with E-state index >= 15 is 0 Å². The summed E-state index contributed by atoms with van der Waals surface area (Å²) in [5, 5.41) is 0. The highest BCUT2D eigenvalue weighted by molar-refractivity contribution is 5.95. The number of amides is 1. The van der Waals surface area contributed by atoms with E-state index in [2.05, 4.69) is 0 Å². The van der Waals surface area contributed by atoms with Crippen molar-refractivity contribution in [1.82, 2.24) is 4.90 Å². The van der Waals surface area contributed by atoms with Crippen LogP contribution in [0.2, 0.25) is 0 Å². The van der Waals surface area contributed by atoms with Gasteiger partial charge in [-0.1, -0.05) is 42.5 Å². The van der Waals surface area contributed by atoms with Crippen LogP contribution in [0.25, 0.3) is 0 Å². The molecule has 2 heteroatoms. The Balaban J connectivity index is 2.18. The molecule has 98 valence electrons. The summed E-state index contributed by atoms with van der Waals surface area (Å²) in [6.07, 6.45) is 0. The predicted octanol–water partition coefficient (Wildman–Crippen LogP) is 3.58. The van der Waals surface area contributed by atoms with Crippen LogP contribution < -0.4 is 0 Å². The maximum atomic E-state index is 12.4. The fourth-order valence-corrected chi connectivity index (χ4v) is 2.12. The monoisotopic (exact) mass is 253 g/mol. The Morgan fingerprint density at radius 1 is 1.00 bits per heavy atom. The summed E-state index contributed by atoms with van der Waals surface area (Å²) >= 11 is 0. The van der Waals surface area contributed by atoms with E-state index in [9.17, 15) is 4.79 Å². The van der Waals surface area contributed by atoms with Gasteiger partial charge in [0.25, 0.3) is 5.91 Å². The minimum Gasteiger partial charge on any atom is -0.337 e. The van der Waals surface area contributed by atoms with Crippen molar-refractivity contribution in [2.45, 2.75) is 20.4 Å². The third-order valence-corrected chi connectivity index (χ3v) is 3.44. The van der Waals surface area contributed by atoms with Crippen LogP contribution in [0.3, 0.4) is 0 Å². The lowest BCUT2D eigenvalue weighted by Gasteiger charge is -2.19. The highest BCUT2D eigenvalue weighted by atomic mass is 16.2. The Hall–Kier alpha value is -2.09. The van der Waals surface area contributed by atoms with Gasteiger partial charge >= 0.3 is 0 Å². The average Bonchev–Trinajstić information content (AvgIpc) is 2.42. The molecule has 0 saturated heterocycles. The van der Waals surface area contributed by atoms with Crippen molar-refractivity contribution >= 4 is 5.91 Å². The molecule has 2 aromatic rings. The first-order chi connectivity index (χ1) is 9.09. The number of nitrogens with zero attached hydrogens (tertiary/aromatic N) is 1. The third-order valence-electron chi connectivity index (χ3n) is 3.44. The van der Waals surface area contributed by atoms with Crippen molar-refractivity contribution in [3.63, 3.8) is 0 Å². The van der Waals surface area contributed by atoms with Crippen LogP contribution in [-0.2, 0) is 6.54 Å². The number of benzene rings is 2. The number of aryl methyl sites for hydroxylation is 1. The second-order valence-corrected chi connectivity index (χ2v) is 4.89. The van der Waals surface area contributed by atoms with E-state index in [1.165, 1.54) is 0 Å². The summed E-state index contributed by atoms with van der Waals surface area (Å²) in [7, 11) is 1.84. The van der Waals surface area contributed by atoms with Crippen molar-refractivity contribution < 1.29 is 4.79 Å². The fraction of sp³-hybridized carbons (Fsp3) is 0.235. The summed E-state index contributed by atoms with van der Waals surface area (Å²) in [6.45, 7) is 4.66. The largest absolute Gasteiger partial charge is 0.337 e. The summed E-state index contributed by atoms with van der Waals surface area (Å²) in [4.78, 5) is 14.2. The van der Waals surface area contributed by atoms with Gasteiger partial charge in [0.2, 0.25) is 0 Å². The lowest BCUT2D eigenvalue weighted by molar-refractivity contribution is 0.0784. The van der Waals surface area contributed by atoms with Gasteiger partial charge in [-0.05, 0) is 36.6 Å². The molecule has 0 spiro atoms. The molecule has 19 heavy (non-hydrogen) atoms. The standard InChI is InChI=1S/C17H19NO/c1-13-8-7-11-16(14(13)2)17(19)18(3)12-15-9-5-4-6-10-15/h4-11H,12H2,1-3H3. The van der Waals surface area contributed by atoms with Gasteiger partial charge in [-0.25, -0.2) is 0 Å². The zero-order chi connectivity index (χ0) is 13.8. The second-order valence-electron chi connectivity index (χ2n) is 4.89. The van der Waals surface area contributed by atoms with Crippen molar-refractivity contribution in [1.29, 1.82) is 0 Å². The summed E-state index contributed by atoms with van der Waals surface area (Å²) in [5.74, 6) is 0.0741. The smallest absolute Gasteiger partial charge is 0.254 e. The molecule has 0 aliphatic rings.